The summed E-state index contributed by atoms with van der Waals surface area (Å²) in [6, 6.07) is 15.3. The number of thioether (sulfide) groups is 1. The number of hydrogen-bond donors (Lipinski definition) is 1. The summed E-state index contributed by atoms with van der Waals surface area (Å²) in [5.41, 5.74) is 2.52. The van der Waals surface area contributed by atoms with E-state index in [1.807, 2.05) is 42.5 Å². The van der Waals surface area contributed by atoms with E-state index in [0.29, 0.717) is 5.75 Å². The minimum Gasteiger partial charge on any atom is -0.481 e. The Balaban J connectivity index is 1.70. The molecule has 0 aromatic heterocycles. The van der Waals surface area contributed by atoms with E-state index in [1.165, 1.54) is 0 Å². The lowest BCUT2D eigenvalue weighted by Gasteiger charge is -2.21. The van der Waals surface area contributed by atoms with Gasteiger partial charge in [0.05, 0.1) is 5.92 Å². The third-order valence-corrected chi connectivity index (χ3v) is 5.71. The van der Waals surface area contributed by atoms with Crippen molar-refractivity contribution in [2.24, 2.45) is 0 Å². The summed E-state index contributed by atoms with van der Waals surface area (Å²) >= 11 is 1.69. The number of para-hydroxylation sites is 1. The first-order chi connectivity index (χ1) is 11.2. The molecule has 2 aliphatic heterocycles. The second-order valence-corrected chi connectivity index (χ2v) is 6.86. The molecule has 0 radical (unpaired) electrons. The summed E-state index contributed by atoms with van der Waals surface area (Å²) in [6.45, 7) is 0.219. The molecule has 4 rings (SSSR count). The fourth-order valence-electron chi connectivity index (χ4n) is 3.38. The average Bonchev–Trinajstić information content (AvgIpc) is 3.16. The van der Waals surface area contributed by atoms with Crippen molar-refractivity contribution < 1.29 is 14.7 Å². The summed E-state index contributed by atoms with van der Waals surface area (Å²) < 4.78 is 0. The maximum Gasteiger partial charge on any atom is 0.312 e. The Hall–Kier alpha value is -2.27. The highest BCUT2D eigenvalue weighted by Gasteiger charge is 2.40. The maximum absolute atomic E-state index is 13.1. The number of aliphatic carboxylic acids is 1. The Morgan fingerprint density at radius 3 is 2.48 bits per heavy atom. The molecule has 0 saturated heterocycles. The largest absolute Gasteiger partial charge is 0.481 e. The van der Waals surface area contributed by atoms with E-state index in [2.05, 4.69) is 0 Å². The Bertz CT molecular complexity index is 804. The zero-order valence-corrected chi connectivity index (χ0v) is 13.1. The van der Waals surface area contributed by atoms with Crippen molar-refractivity contribution in [2.75, 3.05) is 17.2 Å². The van der Waals surface area contributed by atoms with Crippen molar-refractivity contribution >= 4 is 29.3 Å². The zero-order chi connectivity index (χ0) is 16.0. The average molecular weight is 325 g/mol. The van der Waals surface area contributed by atoms with Crippen LogP contribution in [0.3, 0.4) is 0 Å². The number of carbonyl (C=O) groups excluding carboxylic acids is 1. The molecule has 4 nitrogen and oxygen atoms in total. The SMILES string of the molecule is O=C(O)[C@H]1CN(C(=O)[C@H]2CSc3ccccc32)c2ccccc21. The van der Waals surface area contributed by atoms with Gasteiger partial charge in [-0.1, -0.05) is 36.4 Å². The first-order valence-corrected chi connectivity index (χ1v) is 8.50. The molecule has 1 amide bonds. The van der Waals surface area contributed by atoms with E-state index >= 15 is 0 Å². The van der Waals surface area contributed by atoms with Crippen LogP contribution in [0.4, 0.5) is 5.69 Å². The van der Waals surface area contributed by atoms with Crippen LogP contribution in [0.25, 0.3) is 0 Å². The van der Waals surface area contributed by atoms with Gasteiger partial charge in [0.25, 0.3) is 0 Å². The molecular weight excluding hydrogens is 310 g/mol. The van der Waals surface area contributed by atoms with Gasteiger partial charge in [0.2, 0.25) is 5.91 Å². The molecule has 0 unspecified atom stereocenters. The van der Waals surface area contributed by atoms with Gasteiger partial charge in [-0.3, -0.25) is 9.59 Å². The number of nitrogens with zero attached hydrogens (tertiary/aromatic N) is 1. The molecular formula is C18H15NO3S. The van der Waals surface area contributed by atoms with Gasteiger partial charge < -0.3 is 10.0 Å². The van der Waals surface area contributed by atoms with Crippen LogP contribution >= 0.6 is 11.8 Å². The molecule has 2 aromatic carbocycles. The lowest BCUT2D eigenvalue weighted by atomic mass is 10.00. The van der Waals surface area contributed by atoms with Crippen molar-refractivity contribution in [2.45, 2.75) is 16.7 Å². The van der Waals surface area contributed by atoms with Gasteiger partial charge in [0, 0.05) is 22.9 Å². The van der Waals surface area contributed by atoms with E-state index in [4.69, 9.17) is 0 Å². The summed E-state index contributed by atoms with van der Waals surface area (Å²) in [5, 5.41) is 9.44. The number of anilines is 1. The molecule has 0 aliphatic carbocycles. The number of amides is 1. The minimum atomic E-state index is -0.881. The predicted molar refractivity (Wildman–Crippen MR) is 89.1 cm³/mol. The molecule has 23 heavy (non-hydrogen) atoms. The van der Waals surface area contributed by atoms with E-state index in [0.717, 1.165) is 21.7 Å². The molecule has 2 aromatic rings. The number of benzene rings is 2. The van der Waals surface area contributed by atoms with Crippen molar-refractivity contribution in [3.05, 3.63) is 59.7 Å². The zero-order valence-electron chi connectivity index (χ0n) is 12.3. The van der Waals surface area contributed by atoms with Crippen molar-refractivity contribution in [1.29, 1.82) is 0 Å². The number of fused-ring (bicyclic) bond motifs is 2. The van der Waals surface area contributed by atoms with Crippen LogP contribution in [-0.4, -0.2) is 29.3 Å². The second kappa shape index (κ2) is 5.42. The number of rotatable bonds is 2. The number of carboxylic acid groups (broad SMARTS) is 1. The van der Waals surface area contributed by atoms with Crippen LogP contribution in [0.5, 0.6) is 0 Å². The lowest BCUT2D eigenvalue weighted by molar-refractivity contribution is -0.138. The van der Waals surface area contributed by atoms with Gasteiger partial charge in [-0.05, 0) is 23.3 Å². The summed E-state index contributed by atoms with van der Waals surface area (Å²) in [5.74, 6) is -1.00. The van der Waals surface area contributed by atoms with Gasteiger partial charge >= 0.3 is 5.97 Å². The number of carboxylic acids is 1. The number of carbonyl (C=O) groups is 2. The molecule has 0 saturated carbocycles. The Kier molecular flexibility index (Phi) is 3.38. The first-order valence-electron chi connectivity index (χ1n) is 7.51. The van der Waals surface area contributed by atoms with Crippen molar-refractivity contribution in [3.63, 3.8) is 0 Å². The molecule has 116 valence electrons. The smallest absolute Gasteiger partial charge is 0.312 e. The standard InChI is InChI=1S/C18H15NO3S/c20-17(14-10-23-16-8-4-2-6-12(14)16)19-9-13(18(21)22)11-5-1-3-7-15(11)19/h1-8,13-14H,9-10H2,(H,21,22)/t13-,14-/m0/s1. The highest BCUT2D eigenvalue weighted by atomic mass is 32.2. The van der Waals surface area contributed by atoms with Gasteiger partial charge in [0.1, 0.15) is 5.92 Å². The Morgan fingerprint density at radius 2 is 1.70 bits per heavy atom. The molecule has 0 fully saturated rings. The van der Waals surface area contributed by atoms with Gasteiger partial charge in [-0.2, -0.15) is 0 Å². The maximum atomic E-state index is 13.1. The third-order valence-electron chi connectivity index (χ3n) is 4.53. The van der Waals surface area contributed by atoms with Crippen LogP contribution in [0.1, 0.15) is 23.0 Å². The molecule has 2 atom stereocenters. The minimum absolute atomic E-state index is 0.00125. The van der Waals surface area contributed by atoms with Crippen LogP contribution in [0.15, 0.2) is 53.4 Å². The predicted octanol–water partition coefficient (Wildman–Crippen LogP) is 3.09. The highest BCUT2D eigenvalue weighted by molar-refractivity contribution is 7.99. The van der Waals surface area contributed by atoms with Gasteiger partial charge in [-0.25, -0.2) is 0 Å². The van der Waals surface area contributed by atoms with E-state index in [9.17, 15) is 14.7 Å². The van der Waals surface area contributed by atoms with Crippen molar-refractivity contribution in [3.8, 4) is 0 Å². The normalized spacial score (nSPS) is 21.8. The molecule has 1 N–H and O–H groups in total. The Morgan fingerprint density at radius 1 is 1.00 bits per heavy atom. The van der Waals surface area contributed by atoms with Crippen molar-refractivity contribution in [1.82, 2.24) is 0 Å². The molecule has 5 heteroatoms. The second-order valence-electron chi connectivity index (χ2n) is 5.80. The first kappa shape index (κ1) is 14.3. The van der Waals surface area contributed by atoms with E-state index < -0.39 is 11.9 Å². The van der Waals surface area contributed by atoms with E-state index in [1.54, 1.807) is 22.7 Å². The van der Waals surface area contributed by atoms with E-state index in [-0.39, 0.29) is 18.4 Å². The fraction of sp³-hybridized carbons (Fsp3) is 0.222. The van der Waals surface area contributed by atoms with Gasteiger partial charge in [-0.15, -0.1) is 11.8 Å². The molecule has 0 bridgehead atoms. The summed E-state index contributed by atoms with van der Waals surface area (Å²) in [4.78, 5) is 27.4. The number of hydrogen-bond acceptors (Lipinski definition) is 3. The topological polar surface area (TPSA) is 57.6 Å². The molecule has 0 spiro atoms. The van der Waals surface area contributed by atoms with Crippen LogP contribution in [0, 0.1) is 0 Å². The third kappa shape index (κ3) is 2.23. The highest BCUT2D eigenvalue weighted by Crippen LogP contribution is 2.43. The fourth-order valence-corrected chi connectivity index (χ4v) is 4.60. The van der Waals surface area contributed by atoms with Gasteiger partial charge in [0.15, 0.2) is 0 Å². The van der Waals surface area contributed by atoms with Crippen LogP contribution in [0.2, 0.25) is 0 Å². The molecule has 2 aliphatic rings. The van der Waals surface area contributed by atoms with Crippen LogP contribution in [-0.2, 0) is 9.59 Å². The Labute approximate surface area is 138 Å². The lowest BCUT2D eigenvalue weighted by Crippen LogP contribution is -2.35. The molecule has 2 heterocycles. The van der Waals surface area contributed by atoms with Crippen LogP contribution < -0.4 is 4.90 Å². The summed E-state index contributed by atoms with van der Waals surface area (Å²) in [6.07, 6.45) is 0. The summed E-state index contributed by atoms with van der Waals surface area (Å²) in [7, 11) is 0. The monoisotopic (exact) mass is 325 g/mol. The quantitative estimate of drug-likeness (QED) is 0.922.